The zero-order chi connectivity index (χ0) is 9.10. The van der Waals surface area contributed by atoms with Crippen molar-refractivity contribution in [3.05, 3.63) is 29.8 Å². The van der Waals surface area contributed by atoms with E-state index in [4.69, 9.17) is 11.6 Å². The zero-order valence-corrected chi connectivity index (χ0v) is 8.17. The van der Waals surface area contributed by atoms with Crippen LogP contribution in [0.1, 0.15) is 12.8 Å². The van der Waals surface area contributed by atoms with Crippen LogP contribution in [0.25, 0.3) is 0 Å². The van der Waals surface area contributed by atoms with Crippen LogP contribution in [0.2, 0.25) is 5.15 Å². The van der Waals surface area contributed by atoms with Gasteiger partial charge in [0.05, 0.1) is 0 Å². The van der Waals surface area contributed by atoms with Gasteiger partial charge in [-0.05, 0) is 31.4 Å². The third-order valence-electron chi connectivity index (χ3n) is 2.23. The standard InChI is InChI=1S/C10H12ClN2/c11-9-5-4-6-10(12-9)13-7-2-1-3-8-13/h1,4-6H,2-3,7-8H2. The Labute approximate surface area is 83.5 Å². The third-order valence-corrected chi connectivity index (χ3v) is 2.44. The summed E-state index contributed by atoms with van der Waals surface area (Å²) in [6.07, 6.45) is 4.61. The van der Waals surface area contributed by atoms with Crippen molar-refractivity contribution in [2.75, 3.05) is 18.0 Å². The minimum absolute atomic E-state index is 0.576. The molecular weight excluding hydrogens is 184 g/mol. The van der Waals surface area contributed by atoms with Crippen LogP contribution < -0.4 is 4.90 Å². The van der Waals surface area contributed by atoms with E-state index >= 15 is 0 Å². The first-order valence-electron chi connectivity index (χ1n) is 4.55. The molecule has 13 heavy (non-hydrogen) atoms. The van der Waals surface area contributed by atoms with Crippen LogP contribution in [-0.4, -0.2) is 18.1 Å². The largest absolute Gasteiger partial charge is 0.357 e. The maximum absolute atomic E-state index is 5.82. The van der Waals surface area contributed by atoms with Crippen LogP contribution in [0.4, 0.5) is 5.82 Å². The Hall–Kier alpha value is -0.760. The second kappa shape index (κ2) is 3.97. The summed E-state index contributed by atoms with van der Waals surface area (Å²) >= 11 is 5.82. The molecule has 3 heteroatoms. The van der Waals surface area contributed by atoms with E-state index in [1.807, 2.05) is 12.1 Å². The number of piperidine rings is 1. The average molecular weight is 196 g/mol. The molecule has 0 saturated carbocycles. The molecule has 1 fully saturated rings. The summed E-state index contributed by atoms with van der Waals surface area (Å²) in [6, 6.07) is 5.77. The number of anilines is 1. The molecule has 1 aromatic heterocycles. The fourth-order valence-electron chi connectivity index (χ4n) is 1.55. The van der Waals surface area contributed by atoms with E-state index < -0.39 is 0 Å². The van der Waals surface area contributed by atoms with E-state index in [2.05, 4.69) is 16.3 Å². The van der Waals surface area contributed by atoms with Gasteiger partial charge >= 0.3 is 0 Å². The molecule has 0 aliphatic carbocycles. The minimum Gasteiger partial charge on any atom is -0.357 e. The van der Waals surface area contributed by atoms with E-state index in [9.17, 15) is 0 Å². The average Bonchev–Trinajstić information content (AvgIpc) is 2.19. The predicted octanol–water partition coefficient (Wildman–Crippen LogP) is 2.54. The van der Waals surface area contributed by atoms with Crippen molar-refractivity contribution in [2.24, 2.45) is 0 Å². The SMILES string of the molecule is Clc1cccc(N2CC[CH]CC2)n1. The molecule has 1 saturated heterocycles. The highest BCUT2D eigenvalue weighted by Crippen LogP contribution is 2.18. The van der Waals surface area contributed by atoms with Crippen LogP contribution >= 0.6 is 11.6 Å². The van der Waals surface area contributed by atoms with Crippen molar-refractivity contribution < 1.29 is 0 Å². The van der Waals surface area contributed by atoms with Gasteiger partial charge < -0.3 is 4.90 Å². The highest BCUT2D eigenvalue weighted by atomic mass is 35.5. The summed E-state index contributed by atoms with van der Waals surface area (Å²) in [4.78, 5) is 6.54. The molecule has 69 valence electrons. The predicted molar refractivity (Wildman–Crippen MR) is 55.0 cm³/mol. The van der Waals surface area contributed by atoms with Crippen LogP contribution in [-0.2, 0) is 0 Å². The van der Waals surface area contributed by atoms with Crippen molar-refractivity contribution >= 4 is 17.4 Å². The number of pyridine rings is 1. The van der Waals surface area contributed by atoms with Gasteiger partial charge in [-0.25, -0.2) is 4.98 Å². The Bertz CT molecular complexity index is 282. The molecule has 0 N–H and O–H groups in total. The molecule has 2 heterocycles. The molecule has 2 nitrogen and oxygen atoms in total. The first kappa shape index (κ1) is 8.82. The van der Waals surface area contributed by atoms with E-state index in [-0.39, 0.29) is 0 Å². The van der Waals surface area contributed by atoms with Crippen molar-refractivity contribution in [1.82, 2.24) is 4.98 Å². The van der Waals surface area contributed by atoms with Crippen LogP contribution in [0.5, 0.6) is 0 Å². The van der Waals surface area contributed by atoms with Crippen molar-refractivity contribution in [2.45, 2.75) is 12.8 Å². The number of hydrogen-bond donors (Lipinski definition) is 0. The molecule has 1 radical (unpaired) electrons. The van der Waals surface area contributed by atoms with E-state index in [0.29, 0.717) is 5.15 Å². The number of nitrogens with zero attached hydrogens (tertiary/aromatic N) is 2. The number of hydrogen-bond acceptors (Lipinski definition) is 2. The second-order valence-electron chi connectivity index (χ2n) is 3.17. The molecule has 2 rings (SSSR count). The van der Waals surface area contributed by atoms with Gasteiger partial charge in [-0.15, -0.1) is 0 Å². The first-order chi connectivity index (χ1) is 6.36. The summed E-state index contributed by atoms with van der Waals surface area (Å²) < 4.78 is 0. The Kier molecular flexibility index (Phi) is 2.69. The molecule has 1 aliphatic heterocycles. The van der Waals surface area contributed by atoms with Gasteiger partial charge in [-0.2, -0.15) is 0 Å². The second-order valence-corrected chi connectivity index (χ2v) is 3.56. The normalized spacial score (nSPS) is 17.5. The fraction of sp³-hybridized carbons (Fsp3) is 0.400. The van der Waals surface area contributed by atoms with Gasteiger partial charge in [-0.3, -0.25) is 0 Å². The van der Waals surface area contributed by atoms with Crippen LogP contribution in [0.15, 0.2) is 18.2 Å². The molecule has 0 aromatic carbocycles. The Morgan fingerprint density at radius 1 is 1.23 bits per heavy atom. The molecule has 1 aromatic rings. The Morgan fingerprint density at radius 3 is 2.69 bits per heavy atom. The Balaban J connectivity index is 2.14. The van der Waals surface area contributed by atoms with Gasteiger partial charge in [0.2, 0.25) is 0 Å². The molecular formula is C10H12ClN2. The van der Waals surface area contributed by atoms with Crippen LogP contribution in [0, 0.1) is 6.42 Å². The lowest BCUT2D eigenvalue weighted by atomic mass is 10.1. The van der Waals surface area contributed by atoms with Crippen molar-refractivity contribution in [3.8, 4) is 0 Å². The van der Waals surface area contributed by atoms with E-state index in [1.165, 1.54) is 0 Å². The summed E-state index contributed by atoms with van der Waals surface area (Å²) in [5.41, 5.74) is 0. The Morgan fingerprint density at radius 2 is 2.00 bits per heavy atom. The van der Waals surface area contributed by atoms with Gasteiger partial charge in [0.25, 0.3) is 0 Å². The lowest BCUT2D eigenvalue weighted by Crippen LogP contribution is -2.30. The summed E-state index contributed by atoms with van der Waals surface area (Å²) in [5.74, 6) is 1.00. The van der Waals surface area contributed by atoms with Gasteiger partial charge in [0.1, 0.15) is 11.0 Å². The van der Waals surface area contributed by atoms with Crippen LogP contribution in [0.3, 0.4) is 0 Å². The topological polar surface area (TPSA) is 16.1 Å². The van der Waals surface area contributed by atoms with Gasteiger partial charge in [-0.1, -0.05) is 17.7 Å². The number of rotatable bonds is 1. The summed E-state index contributed by atoms with van der Waals surface area (Å²) in [7, 11) is 0. The maximum Gasteiger partial charge on any atom is 0.131 e. The summed E-state index contributed by atoms with van der Waals surface area (Å²) in [6.45, 7) is 2.13. The lowest BCUT2D eigenvalue weighted by Gasteiger charge is -2.27. The van der Waals surface area contributed by atoms with E-state index in [1.54, 1.807) is 6.07 Å². The van der Waals surface area contributed by atoms with Gasteiger partial charge in [0.15, 0.2) is 0 Å². The third kappa shape index (κ3) is 2.13. The molecule has 0 atom stereocenters. The number of aromatic nitrogens is 1. The molecule has 0 bridgehead atoms. The smallest absolute Gasteiger partial charge is 0.131 e. The monoisotopic (exact) mass is 195 g/mol. The highest BCUT2D eigenvalue weighted by Gasteiger charge is 2.11. The lowest BCUT2D eigenvalue weighted by molar-refractivity contribution is 0.671. The quantitative estimate of drug-likeness (QED) is 0.641. The number of halogens is 1. The minimum atomic E-state index is 0.576. The van der Waals surface area contributed by atoms with Crippen molar-refractivity contribution in [3.63, 3.8) is 0 Å². The molecule has 0 spiro atoms. The highest BCUT2D eigenvalue weighted by molar-refractivity contribution is 6.29. The summed E-state index contributed by atoms with van der Waals surface area (Å²) in [5, 5.41) is 0.576. The van der Waals surface area contributed by atoms with Gasteiger partial charge in [0, 0.05) is 13.1 Å². The molecule has 1 aliphatic rings. The fourth-order valence-corrected chi connectivity index (χ4v) is 1.71. The van der Waals surface area contributed by atoms with Crippen molar-refractivity contribution in [1.29, 1.82) is 0 Å². The first-order valence-corrected chi connectivity index (χ1v) is 4.93. The maximum atomic E-state index is 5.82. The molecule has 0 amide bonds. The molecule has 0 unspecified atom stereocenters. The zero-order valence-electron chi connectivity index (χ0n) is 7.41. The van der Waals surface area contributed by atoms with E-state index in [0.717, 1.165) is 31.7 Å².